The van der Waals surface area contributed by atoms with Gasteiger partial charge in [0.05, 0.1) is 42.7 Å². The van der Waals surface area contributed by atoms with E-state index >= 15 is 0 Å². The summed E-state index contributed by atoms with van der Waals surface area (Å²) in [6, 6.07) is 16.2. The van der Waals surface area contributed by atoms with Gasteiger partial charge in [0.15, 0.2) is 32.6 Å². The fourth-order valence-electron chi connectivity index (χ4n) is 5.15. The Morgan fingerprint density at radius 2 is 0.946 bits per heavy atom. The Bertz CT molecular complexity index is 2310. The van der Waals surface area contributed by atoms with Crippen molar-refractivity contribution in [3.63, 3.8) is 0 Å². The van der Waals surface area contributed by atoms with E-state index in [1.54, 1.807) is 36.4 Å². The summed E-state index contributed by atoms with van der Waals surface area (Å²) < 4.78 is 99.2. The van der Waals surface area contributed by atoms with E-state index in [0.717, 1.165) is 5.56 Å². The number of nitrogens with one attached hydrogen (secondary N) is 2. The third kappa shape index (κ3) is 9.68. The fourth-order valence-corrected chi connectivity index (χ4v) is 8.23. The quantitative estimate of drug-likeness (QED) is 0.111. The molecule has 6 aromatic rings. The first-order chi connectivity index (χ1) is 26.5. The van der Waals surface area contributed by atoms with E-state index in [0.29, 0.717) is 37.9 Å². The molecule has 0 spiro atoms. The standard InChI is InChI=1S/C17H18N2O6S.C16H15BrN2O6S.CH5BO2/c1-10-8-13(24-4)15-14(9-10)25-18-17(15)19-26(20,21)16-11(22-2)6-5-7-12(16)23-3;1-22-10-5-4-6-11(23-2)15(10)26(20,21)19-16-14-12(24-3)7-9(17)8-13(14)25-18-16;1-2(3)4/h5-9H,1-4H3,(H,18,19);4-8H,1-3H3,(H,18,19);3-4H,1H3. The summed E-state index contributed by atoms with van der Waals surface area (Å²) >= 11 is 3.33. The van der Waals surface area contributed by atoms with E-state index in [-0.39, 0.29) is 44.4 Å². The molecule has 0 fully saturated rings. The number of benzene rings is 4. The molecule has 0 bridgehead atoms. The van der Waals surface area contributed by atoms with Crippen LogP contribution in [0.3, 0.4) is 0 Å². The first kappa shape index (κ1) is 43.3. The lowest BCUT2D eigenvalue weighted by atomic mass is 9.99. The number of fused-ring (bicyclic) bond motifs is 2. The van der Waals surface area contributed by atoms with E-state index in [2.05, 4.69) is 35.7 Å². The highest BCUT2D eigenvalue weighted by atomic mass is 79.9. The van der Waals surface area contributed by atoms with Gasteiger partial charge in [0.25, 0.3) is 20.0 Å². The van der Waals surface area contributed by atoms with E-state index in [9.17, 15) is 16.8 Å². The minimum absolute atomic E-state index is 0.00249. The zero-order chi connectivity index (χ0) is 41.4. The Kier molecular flexibility index (Phi) is 14.3. The van der Waals surface area contributed by atoms with E-state index in [1.165, 1.54) is 73.7 Å². The Morgan fingerprint density at radius 1 is 0.607 bits per heavy atom. The second kappa shape index (κ2) is 18.5. The zero-order valence-corrected chi connectivity index (χ0v) is 34.5. The highest BCUT2D eigenvalue weighted by molar-refractivity contribution is 9.10. The highest BCUT2D eigenvalue weighted by Gasteiger charge is 2.29. The molecule has 0 amide bonds. The lowest BCUT2D eigenvalue weighted by Crippen LogP contribution is -2.15. The lowest BCUT2D eigenvalue weighted by molar-refractivity contribution is 0.373. The molecule has 0 aliphatic rings. The van der Waals surface area contributed by atoms with Crippen molar-refractivity contribution in [2.45, 2.75) is 23.5 Å². The predicted molar refractivity (Wildman–Crippen MR) is 210 cm³/mol. The monoisotopic (exact) mass is 880 g/mol. The molecule has 0 radical (unpaired) electrons. The van der Waals surface area contributed by atoms with Crippen LogP contribution >= 0.6 is 15.9 Å². The normalized spacial score (nSPS) is 11.1. The molecule has 2 aromatic heterocycles. The van der Waals surface area contributed by atoms with Gasteiger partial charge in [0, 0.05) is 4.47 Å². The molecule has 6 rings (SSSR count). The Balaban J connectivity index is 0.000000227. The van der Waals surface area contributed by atoms with Gasteiger partial charge in [-0.3, -0.25) is 9.44 Å². The van der Waals surface area contributed by atoms with Gasteiger partial charge in [0.2, 0.25) is 0 Å². The van der Waals surface area contributed by atoms with Crippen molar-refractivity contribution in [3.05, 3.63) is 70.7 Å². The number of hydrogen-bond donors (Lipinski definition) is 4. The summed E-state index contributed by atoms with van der Waals surface area (Å²) in [6.07, 6.45) is 0. The third-order valence-electron chi connectivity index (χ3n) is 7.39. The maximum Gasteiger partial charge on any atom is 0.448 e. The second-order valence-electron chi connectivity index (χ2n) is 11.2. The molecule has 56 heavy (non-hydrogen) atoms. The van der Waals surface area contributed by atoms with Crippen molar-refractivity contribution in [3.8, 4) is 34.5 Å². The number of halogens is 1. The van der Waals surface area contributed by atoms with Crippen LogP contribution in [-0.2, 0) is 20.0 Å². The molecular formula is C34H38BBrN4O14S2. The minimum atomic E-state index is -4.09. The average Bonchev–Trinajstić information content (AvgIpc) is 3.75. The first-order valence-electron chi connectivity index (χ1n) is 16.0. The Hall–Kier alpha value is -5.42. The number of methoxy groups -OCH3 is 6. The third-order valence-corrected chi connectivity index (χ3v) is 10.7. The number of sulfonamides is 2. The summed E-state index contributed by atoms with van der Waals surface area (Å²) in [5, 5.41) is 23.7. The number of hydrogen-bond acceptors (Lipinski definition) is 16. The predicted octanol–water partition coefficient (Wildman–Crippen LogP) is 5.47. The molecule has 0 unspecified atom stereocenters. The van der Waals surface area contributed by atoms with Crippen LogP contribution in [0.25, 0.3) is 21.9 Å². The van der Waals surface area contributed by atoms with Crippen molar-refractivity contribution >= 4 is 76.7 Å². The van der Waals surface area contributed by atoms with Gasteiger partial charge in [-0.25, -0.2) is 16.8 Å². The summed E-state index contributed by atoms with van der Waals surface area (Å²) in [6.45, 7) is 3.15. The molecule has 0 aliphatic heterocycles. The second-order valence-corrected chi connectivity index (χ2v) is 15.4. The number of nitrogens with zero attached hydrogens (tertiary/aromatic N) is 2. The molecular weight excluding hydrogens is 843 g/mol. The average molecular weight is 882 g/mol. The summed E-state index contributed by atoms with van der Waals surface area (Å²) in [5.74, 6) is 1.44. The van der Waals surface area contributed by atoms with Crippen molar-refractivity contribution < 1.29 is 64.4 Å². The fraction of sp³-hybridized carbons (Fsp3) is 0.235. The van der Waals surface area contributed by atoms with E-state index in [4.69, 9.17) is 47.5 Å². The summed E-state index contributed by atoms with van der Waals surface area (Å²) in [7, 11) is -0.858. The van der Waals surface area contributed by atoms with Crippen molar-refractivity contribution in [1.29, 1.82) is 0 Å². The molecule has 18 nitrogen and oxygen atoms in total. The molecule has 4 N–H and O–H groups in total. The number of aromatic nitrogens is 2. The smallest absolute Gasteiger partial charge is 0.448 e. The largest absolute Gasteiger partial charge is 0.496 e. The lowest BCUT2D eigenvalue weighted by Gasteiger charge is -2.14. The number of aryl methyl sites for hydroxylation is 1. The van der Waals surface area contributed by atoms with E-state index < -0.39 is 27.2 Å². The topological polar surface area (TPSA) is 240 Å². The highest BCUT2D eigenvalue weighted by Crippen LogP contribution is 2.40. The molecule has 0 saturated heterocycles. The first-order valence-corrected chi connectivity index (χ1v) is 19.7. The van der Waals surface area contributed by atoms with Crippen molar-refractivity contribution in [2.75, 3.05) is 52.1 Å². The molecule has 22 heteroatoms. The van der Waals surface area contributed by atoms with Crippen LogP contribution in [0.5, 0.6) is 34.5 Å². The number of rotatable bonds is 12. The maximum absolute atomic E-state index is 13.0. The maximum atomic E-state index is 13.0. The molecule has 0 atom stereocenters. The Morgan fingerprint density at radius 3 is 1.30 bits per heavy atom. The van der Waals surface area contributed by atoms with Crippen LogP contribution in [-0.4, -0.2) is 87.0 Å². The van der Waals surface area contributed by atoms with Crippen LogP contribution < -0.4 is 37.9 Å². The molecule has 300 valence electrons. The van der Waals surface area contributed by atoms with Crippen molar-refractivity contribution in [1.82, 2.24) is 10.3 Å². The van der Waals surface area contributed by atoms with Gasteiger partial charge in [0.1, 0.15) is 45.3 Å². The molecule has 2 heterocycles. The van der Waals surface area contributed by atoms with Crippen LogP contribution in [0.1, 0.15) is 5.56 Å². The zero-order valence-electron chi connectivity index (χ0n) is 31.2. The minimum Gasteiger partial charge on any atom is -0.496 e. The number of ether oxygens (including phenoxy) is 6. The molecule has 0 aliphatic carbocycles. The van der Waals surface area contributed by atoms with Gasteiger partial charge in [-0.1, -0.05) is 38.4 Å². The molecule has 0 saturated carbocycles. The van der Waals surface area contributed by atoms with Gasteiger partial charge in [-0.05, 0) is 67.8 Å². The van der Waals surface area contributed by atoms with Gasteiger partial charge < -0.3 is 47.5 Å². The van der Waals surface area contributed by atoms with Crippen LogP contribution in [0, 0.1) is 6.92 Å². The van der Waals surface area contributed by atoms with Gasteiger partial charge in [-0.2, -0.15) is 0 Å². The van der Waals surface area contributed by atoms with Gasteiger partial charge in [-0.15, -0.1) is 0 Å². The SMILES string of the molecule is CB(O)O.COc1cccc(OC)c1S(=O)(=O)Nc1noc2cc(Br)cc(OC)c12.COc1cccc(OC)c1S(=O)(=O)Nc1noc2cc(C)cc(OC)c12. The van der Waals surface area contributed by atoms with Crippen LogP contribution in [0.2, 0.25) is 6.82 Å². The summed E-state index contributed by atoms with van der Waals surface area (Å²) in [4.78, 5) is -0.274. The van der Waals surface area contributed by atoms with Crippen LogP contribution in [0.4, 0.5) is 11.6 Å². The van der Waals surface area contributed by atoms with Crippen molar-refractivity contribution in [2.24, 2.45) is 0 Å². The Labute approximate surface area is 330 Å². The van der Waals surface area contributed by atoms with Gasteiger partial charge >= 0.3 is 7.12 Å². The van der Waals surface area contributed by atoms with Crippen LogP contribution in [0.15, 0.2) is 84.0 Å². The number of anilines is 2. The summed E-state index contributed by atoms with van der Waals surface area (Å²) in [5.41, 5.74) is 1.67. The van der Waals surface area contributed by atoms with E-state index in [1.807, 2.05) is 6.92 Å². The molecule has 4 aromatic carbocycles.